The molecule has 1 atom stereocenters. The lowest BCUT2D eigenvalue weighted by Crippen LogP contribution is -2.67. The fraction of sp³-hybridized carbons (Fsp3) is 1.00. The van der Waals surface area contributed by atoms with Crippen molar-refractivity contribution >= 4 is 0 Å². The second-order valence-electron chi connectivity index (χ2n) is 8.99. The molecule has 23 heavy (non-hydrogen) atoms. The Bertz CT molecular complexity index is 323. The Morgan fingerprint density at radius 1 is 0.826 bits per heavy atom. The van der Waals surface area contributed by atoms with Crippen LogP contribution in [-0.2, 0) is 0 Å². The number of hydrogen-bond donors (Lipinski definition) is 2. The van der Waals surface area contributed by atoms with Gasteiger partial charge in [0.05, 0.1) is 5.66 Å². The van der Waals surface area contributed by atoms with E-state index in [1.165, 1.54) is 70.6 Å². The first-order chi connectivity index (χ1) is 11.0. The van der Waals surface area contributed by atoms with E-state index in [9.17, 15) is 0 Å². The molecule has 0 radical (unpaired) electrons. The predicted molar refractivity (Wildman–Crippen MR) is 102 cm³/mol. The molecule has 0 aromatic rings. The summed E-state index contributed by atoms with van der Waals surface area (Å²) in [6.45, 7) is 11.8. The van der Waals surface area contributed by atoms with Crippen molar-refractivity contribution in [3.63, 3.8) is 0 Å². The van der Waals surface area contributed by atoms with E-state index in [1.807, 2.05) is 0 Å². The molecule has 136 valence electrons. The summed E-state index contributed by atoms with van der Waals surface area (Å²) >= 11 is 0. The van der Waals surface area contributed by atoms with Crippen LogP contribution in [0.4, 0.5) is 0 Å². The molecule has 0 spiro atoms. The van der Waals surface area contributed by atoms with Crippen molar-refractivity contribution in [3.05, 3.63) is 0 Å². The van der Waals surface area contributed by atoms with E-state index in [0.29, 0.717) is 5.41 Å². The average Bonchev–Trinajstić information content (AvgIpc) is 2.54. The summed E-state index contributed by atoms with van der Waals surface area (Å²) in [7, 11) is 0. The summed E-state index contributed by atoms with van der Waals surface area (Å²) < 4.78 is 0. The summed E-state index contributed by atoms with van der Waals surface area (Å²) in [5.41, 5.74) is 0.497. The van der Waals surface area contributed by atoms with Crippen LogP contribution in [0.15, 0.2) is 0 Å². The molecular weight excluding hydrogens is 280 g/mol. The zero-order chi connectivity index (χ0) is 16.8. The highest BCUT2D eigenvalue weighted by Gasteiger charge is 2.48. The average molecular weight is 323 g/mol. The molecule has 2 rings (SSSR count). The summed E-state index contributed by atoms with van der Waals surface area (Å²) in [5.74, 6) is 1.98. The van der Waals surface area contributed by atoms with Crippen molar-refractivity contribution in [2.24, 2.45) is 17.3 Å². The molecule has 0 aromatic carbocycles. The summed E-state index contributed by atoms with van der Waals surface area (Å²) in [4.78, 5) is 0. The SMILES string of the molecule is CCCNC1(NCCC)CCC(CC2CCCCC2)CC1(C)C. The largest absolute Gasteiger partial charge is 0.299 e. The van der Waals surface area contributed by atoms with Crippen molar-refractivity contribution in [2.75, 3.05) is 13.1 Å². The fourth-order valence-corrected chi connectivity index (χ4v) is 5.25. The van der Waals surface area contributed by atoms with Gasteiger partial charge in [-0.3, -0.25) is 10.6 Å². The molecule has 2 aliphatic rings. The molecular formula is C21H42N2. The molecule has 2 heteroatoms. The van der Waals surface area contributed by atoms with Crippen LogP contribution in [0.2, 0.25) is 0 Å². The van der Waals surface area contributed by atoms with Crippen LogP contribution in [0.1, 0.15) is 98.3 Å². The third-order valence-electron chi connectivity index (χ3n) is 6.63. The Kier molecular flexibility index (Phi) is 7.41. The standard InChI is InChI=1S/C21H42N2/c1-5-14-22-21(23-15-6-2)13-12-19(17-20(21,3)4)16-18-10-8-7-9-11-18/h18-19,22-23H,5-17H2,1-4H3. The van der Waals surface area contributed by atoms with Gasteiger partial charge < -0.3 is 0 Å². The minimum atomic E-state index is 0.155. The molecule has 0 bridgehead atoms. The molecule has 0 aromatic heterocycles. The van der Waals surface area contributed by atoms with Gasteiger partial charge in [-0.05, 0) is 68.9 Å². The van der Waals surface area contributed by atoms with Crippen LogP contribution in [0.3, 0.4) is 0 Å². The molecule has 2 N–H and O–H groups in total. The lowest BCUT2D eigenvalue weighted by molar-refractivity contribution is -0.00103. The van der Waals surface area contributed by atoms with Crippen LogP contribution in [-0.4, -0.2) is 18.8 Å². The number of rotatable bonds is 8. The van der Waals surface area contributed by atoms with Gasteiger partial charge in [-0.1, -0.05) is 59.8 Å². The Morgan fingerprint density at radius 3 is 1.96 bits per heavy atom. The maximum absolute atomic E-state index is 3.92. The van der Waals surface area contributed by atoms with Crippen molar-refractivity contribution in [2.45, 2.75) is 104 Å². The maximum Gasteiger partial charge on any atom is 0.0739 e. The summed E-state index contributed by atoms with van der Waals surface area (Å²) in [5, 5.41) is 7.85. The lowest BCUT2D eigenvalue weighted by Gasteiger charge is -2.54. The lowest BCUT2D eigenvalue weighted by atomic mass is 9.62. The smallest absolute Gasteiger partial charge is 0.0739 e. The van der Waals surface area contributed by atoms with Crippen molar-refractivity contribution in [1.82, 2.24) is 10.6 Å². The van der Waals surface area contributed by atoms with Gasteiger partial charge >= 0.3 is 0 Å². The molecule has 1 unspecified atom stereocenters. The molecule has 0 aliphatic heterocycles. The van der Waals surface area contributed by atoms with Gasteiger partial charge in [-0.25, -0.2) is 0 Å². The van der Waals surface area contributed by atoms with E-state index < -0.39 is 0 Å². The highest BCUT2D eigenvalue weighted by Crippen LogP contribution is 2.47. The van der Waals surface area contributed by atoms with E-state index in [0.717, 1.165) is 24.9 Å². The molecule has 2 aliphatic carbocycles. The molecule has 2 fully saturated rings. The predicted octanol–water partition coefficient (Wildman–Crippen LogP) is 5.48. The van der Waals surface area contributed by atoms with E-state index in [1.54, 1.807) is 0 Å². The Labute approximate surface area is 145 Å². The molecule has 0 amide bonds. The third-order valence-corrected chi connectivity index (χ3v) is 6.63. The summed E-state index contributed by atoms with van der Waals surface area (Å²) in [6.07, 6.45) is 15.5. The van der Waals surface area contributed by atoms with Gasteiger partial charge in [0.15, 0.2) is 0 Å². The zero-order valence-corrected chi connectivity index (χ0v) is 16.3. The van der Waals surface area contributed by atoms with Gasteiger partial charge in [-0.2, -0.15) is 0 Å². The van der Waals surface area contributed by atoms with Gasteiger partial charge in [0.25, 0.3) is 0 Å². The molecule has 0 saturated heterocycles. The highest BCUT2D eigenvalue weighted by atomic mass is 15.2. The van der Waals surface area contributed by atoms with Crippen LogP contribution >= 0.6 is 0 Å². The second kappa shape index (κ2) is 8.85. The van der Waals surface area contributed by atoms with E-state index in [2.05, 4.69) is 38.3 Å². The van der Waals surface area contributed by atoms with Crippen LogP contribution < -0.4 is 10.6 Å². The second-order valence-corrected chi connectivity index (χ2v) is 8.99. The van der Waals surface area contributed by atoms with Crippen LogP contribution in [0.5, 0.6) is 0 Å². The number of nitrogens with one attached hydrogen (secondary N) is 2. The fourth-order valence-electron chi connectivity index (χ4n) is 5.25. The first-order valence-corrected chi connectivity index (χ1v) is 10.5. The maximum atomic E-state index is 3.92. The normalized spacial score (nSPS) is 27.9. The van der Waals surface area contributed by atoms with Gasteiger partial charge in [-0.15, -0.1) is 0 Å². The topological polar surface area (TPSA) is 24.1 Å². The van der Waals surface area contributed by atoms with Crippen LogP contribution in [0, 0.1) is 17.3 Å². The Balaban J connectivity index is 1.97. The quantitative estimate of drug-likeness (QED) is 0.578. The zero-order valence-electron chi connectivity index (χ0n) is 16.3. The molecule has 2 nitrogen and oxygen atoms in total. The van der Waals surface area contributed by atoms with Crippen molar-refractivity contribution < 1.29 is 0 Å². The Hall–Kier alpha value is -0.0800. The summed E-state index contributed by atoms with van der Waals surface area (Å²) in [6, 6.07) is 0. The van der Waals surface area contributed by atoms with Gasteiger partial charge in [0.2, 0.25) is 0 Å². The first kappa shape index (κ1) is 19.2. The monoisotopic (exact) mass is 322 g/mol. The minimum Gasteiger partial charge on any atom is -0.299 e. The Morgan fingerprint density at radius 2 is 1.43 bits per heavy atom. The minimum absolute atomic E-state index is 0.155. The highest BCUT2D eigenvalue weighted by molar-refractivity contribution is 5.02. The van der Waals surface area contributed by atoms with E-state index in [-0.39, 0.29) is 5.66 Å². The molecule has 2 saturated carbocycles. The number of hydrogen-bond acceptors (Lipinski definition) is 2. The van der Waals surface area contributed by atoms with Crippen LogP contribution in [0.25, 0.3) is 0 Å². The van der Waals surface area contributed by atoms with Crippen molar-refractivity contribution in [3.8, 4) is 0 Å². The van der Waals surface area contributed by atoms with Gasteiger partial charge in [0, 0.05) is 0 Å². The third kappa shape index (κ3) is 4.95. The first-order valence-electron chi connectivity index (χ1n) is 10.5. The molecule has 0 heterocycles. The van der Waals surface area contributed by atoms with Gasteiger partial charge in [0.1, 0.15) is 0 Å². The van der Waals surface area contributed by atoms with E-state index in [4.69, 9.17) is 0 Å². The van der Waals surface area contributed by atoms with Crippen molar-refractivity contribution in [1.29, 1.82) is 0 Å². The van der Waals surface area contributed by atoms with E-state index >= 15 is 0 Å².